The zero-order valence-electron chi connectivity index (χ0n) is 14.0. The van der Waals surface area contributed by atoms with Crippen LogP contribution < -0.4 is 10.1 Å². The molecule has 0 saturated heterocycles. The summed E-state index contributed by atoms with van der Waals surface area (Å²) >= 11 is 6.10. The molecule has 0 atom stereocenters. The first-order valence-corrected chi connectivity index (χ1v) is 8.12. The topological polar surface area (TPSA) is 67.4 Å². The van der Waals surface area contributed by atoms with Gasteiger partial charge in [0.15, 0.2) is 0 Å². The minimum Gasteiger partial charge on any atom is -0.495 e. The Morgan fingerprint density at radius 1 is 1.38 bits per heavy atom. The van der Waals surface area contributed by atoms with E-state index in [0.29, 0.717) is 34.6 Å². The number of aromatic nitrogens is 2. The number of unbranched alkanes of at least 4 members (excludes halogenated alkanes) is 1. The summed E-state index contributed by atoms with van der Waals surface area (Å²) in [5, 5.41) is 3.52. The quantitative estimate of drug-likeness (QED) is 0.825. The van der Waals surface area contributed by atoms with Crippen molar-refractivity contribution in [2.75, 3.05) is 26.0 Å². The molecule has 1 aromatic carbocycles. The van der Waals surface area contributed by atoms with Gasteiger partial charge in [-0.3, -0.25) is 4.79 Å². The van der Waals surface area contributed by atoms with Crippen LogP contribution in [-0.2, 0) is 0 Å². The third kappa shape index (κ3) is 4.58. The minimum absolute atomic E-state index is 0.123. The van der Waals surface area contributed by atoms with Crippen LogP contribution in [-0.4, -0.2) is 41.5 Å². The minimum atomic E-state index is -0.123. The van der Waals surface area contributed by atoms with Crippen LogP contribution in [0.25, 0.3) is 0 Å². The molecular formula is C17H21ClN4O2. The fourth-order valence-electron chi connectivity index (χ4n) is 2.10. The average molecular weight is 349 g/mol. The SMILES string of the molecule is CCCCN(C)C(=O)c1ccnc(Nc2ccc(OC)c(Cl)c2)n1. The van der Waals surface area contributed by atoms with Crippen molar-refractivity contribution in [1.82, 2.24) is 14.9 Å². The molecule has 1 N–H and O–H groups in total. The molecule has 2 rings (SSSR count). The van der Waals surface area contributed by atoms with Crippen LogP contribution in [0.1, 0.15) is 30.3 Å². The van der Waals surface area contributed by atoms with E-state index in [9.17, 15) is 4.79 Å². The van der Waals surface area contributed by atoms with Crippen LogP contribution in [0.5, 0.6) is 5.75 Å². The second-order valence-electron chi connectivity index (χ2n) is 5.32. The molecular weight excluding hydrogens is 328 g/mol. The van der Waals surface area contributed by atoms with Gasteiger partial charge >= 0.3 is 0 Å². The van der Waals surface area contributed by atoms with E-state index in [1.807, 2.05) is 0 Å². The van der Waals surface area contributed by atoms with Crippen LogP contribution in [0, 0.1) is 0 Å². The van der Waals surface area contributed by atoms with Gasteiger partial charge < -0.3 is 15.0 Å². The van der Waals surface area contributed by atoms with E-state index >= 15 is 0 Å². The van der Waals surface area contributed by atoms with Crippen LogP contribution in [0.3, 0.4) is 0 Å². The van der Waals surface area contributed by atoms with E-state index in [4.69, 9.17) is 16.3 Å². The van der Waals surface area contributed by atoms with Gasteiger partial charge in [0.05, 0.1) is 12.1 Å². The molecule has 6 nitrogen and oxygen atoms in total. The Kier molecular flexibility index (Phi) is 6.37. The monoisotopic (exact) mass is 348 g/mol. The maximum atomic E-state index is 12.4. The molecule has 24 heavy (non-hydrogen) atoms. The lowest BCUT2D eigenvalue weighted by atomic mass is 10.3. The van der Waals surface area contributed by atoms with Crippen molar-refractivity contribution in [3.63, 3.8) is 0 Å². The van der Waals surface area contributed by atoms with Crippen molar-refractivity contribution in [2.24, 2.45) is 0 Å². The Hall–Kier alpha value is -2.34. The molecule has 0 aliphatic rings. The second-order valence-corrected chi connectivity index (χ2v) is 5.73. The lowest BCUT2D eigenvalue weighted by Crippen LogP contribution is -2.28. The van der Waals surface area contributed by atoms with Gasteiger partial charge in [0.1, 0.15) is 11.4 Å². The Labute approximate surface area is 146 Å². The number of methoxy groups -OCH3 is 1. The van der Waals surface area contributed by atoms with Gasteiger partial charge in [-0.2, -0.15) is 0 Å². The number of anilines is 2. The number of ether oxygens (including phenoxy) is 1. The normalized spacial score (nSPS) is 10.3. The van der Waals surface area contributed by atoms with E-state index in [2.05, 4.69) is 22.2 Å². The smallest absolute Gasteiger partial charge is 0.272 e. The number of carbonyl (C=O) groups is 1. The number of hydrogen-bond donors (Lipinski definition) is 1. The largest absolute Gasteiger partial charge is 0.495 e. The number of halogens is 1. The molecule has 1 heterocycles. The van der Waals surface area contributed by atoms with Crippen molar-refractivity contribution in [1.29, 1.82) is 0 Å². The maximum Gasteiger partial charge on any atom is 0.272 e. The summed E-state index contributed by atoms with van der Waals surface area (Å²) in [5.74, 6) is 0.803. The first kappa shape index (κ1) is 18.0. The summed E-state index contributed by atoms with van der Waals surface area (Å²) in [6, 6.07) is 6.87. The van der Waals surface area contributed by atoms with E-state index in [1.165, 1.54) is 0 Å². The first-order valence-electron chi connectivity index (χ1n) is 7.74. The van der Waals surface area contributed by atoms with Crippen LogP contribution in [0.4, 0.5) is 11.6 Å². The standard InChI is InChI=1S/C17H21ClN4O2/c1-4-5-10-22(2)16(23)14-8-9-19-17(21-14)20-12-6-7-15(24-3)13(18)11-12/h6-9,11H,4-5,10H2,1-3H3,(H,19,20,21). The molecule has 128 valence electrons. The van der Waals surface area contributed by atoms with Gasteiger partial charge in [-0.15, -0.1) is 0 Å². The molecule has 1 amide bonds. The zero-order chi connectivity index (χ0) is 17.5. The summed E-state index contributed by atoms with van der Waals surface area (Å²) in [7, 11) is 3.33. The maximum absolute atomic E-state index is 12.4. The number of nitrogens with zero attached hydrogens (tertiary/aromatic N) is 3. The molecule has 0 radical (unpaired) electrons. The summed E-state index contributed by atoms with van der Waals surface area (Å²) in [5.41, 5.74) is 1.07. The molecule has 0 spiro atoms. The third-order valence-electron chi connectivity index (χ3n) is 3.48. The third-order valence-corrected chi connectivity index (χ3v) is 3.77. The second kappa shape index (κ2) is 8.49. The predicted octanol–water partition coefficient (Wildman–Crippen LogP) is 3.75. The van der Waals surface area contributed by atoms with Crippen molar-refractivity contribution in [2.45, 2.75) is 19.8 Å². The fraction of sp³-hybridized carbons (Fsp3) is 0.353. The highest BCUT2D eigenvalue weighted by Crippen LogP contribution is 2.28. The molecule has 0 fully saturated rings. The number of hydrogen-bond acceptors (Lipinski definition) is 5. The van der Waals surface area contributed by atoms with Crippen LogP contribution in [0.2, 0.25) is 5.02 Å². The van der Waals surface area contributed by atoms with E-state index in [0.717, 1.165) is 12.8 Å². The predicted molar refractivity (Wildman–Crippen MR) is 95.2 cm³/mol. The van der Waals surface area contributed by atoms with Gasteiger partial charge in [0.25, 0.3) is 5.91 Å². The van der Waals surface area contributed by atoms with Crippen molar-refractivity contribution < 1.29 is 9.53 Å². The van der Waals surface area contributed by atoms with Gasteiger partial charge in [-0.1, -0.05) is 24.9 Å². The summed E-state index contributed by atoms with van der Waals surface area (Å²) in [6.07, 6.45) is 3.55. The number of nitrogens with one attached hydrogen (secondary N) is 1. The highest BCUT2D eigenvalue weighted by Gasteiger charge is 2.14. The Morgan fingerprint density at radius 2 is 2.17 bits per heavy atom. The lowest BCUT2D eigenvalue weighted by Gasteiger charge is -2.16. The molecule has 1 aromatic heterocycles. The molecule has 0 aliphatic heterocycles. The fourth-order valence-corrected chi connectivity index (χ4v) is 2.36. The molecule has 0 saturated carbocycles. The van der Waals surface area contributed by atoms with Gasteiger partial charge in [0.2, 0.25) is 5.95 Å². The Bertz CT molecular complexity index is 709. The zero-order valence-corrected chi connectivity index (χ0v) is 14.8. The van der Waals surface area contributed by atoms with Crippen molar-refractivity contribution >= 4 is 29.1 Å². The lowest BCUT2D eigenvalue weighted by molar-refractivity contribution is 0.0787. The first-order chi connectivity index (χ1) is 11.5. The van der Waals surface area contributed by atoms with E-state index in [-0.39, 0.29) is 5.91 Å². The summed E-state index contributed by atoms with van der Waals surface area (Å²) < 4.78 is 5.12. The number of carbonyl (C=O) groups excluding carboxylic acids is 1. The summed E-state index contributed by atoms with van der Waals surface area (Å²) in [4.78, 5) is 22.5. The van der Waals surface area contributed by atoms with Gasteiger partial charge in [-0.05, 0) is 30.7 Å². The van der Waals surface area contributed by atoms with Crippen molar-refractivity contribution in [3.8, 4) is 5.75 Å². The number of benzene rings is 1. The van der Waals surface area contributed by atoms with Crippen molar-refractivity contribution in [3.05, 3.63) is 41.2 Å². The van der Waals surface area contributed by atoms with Crippen LogP contribution in [0.15, 0.2) is 30.5 Å². The molecule has 0 bridgehead atoms. The molecule has 2 aromatic rings. The molecule has 0 unspecified atom stereocenters. The number of rotatable bonds is 7. The van der Waals surface area contributed by atoms with E-state index < -0.39 is 0 Å². The van der Waals surface area contributed by atoms with Gasteiger partial charge in [-0.25, -0.2) is 9.97 Å². The highest BCUT2D eigenvalue weighted by molar-refractivity contribution is 6.32. The van der Waals surface area contributed by atoms with Crippen LogP contribution >= 0.6 is 11.6 Å². The van der Waals surface area contributed by atoms with E-state index in [1.54, 1.807) is 49.5 Å². The highest BCUT2D eigenvalue weighted by atomic mass is 35.5. The summed E-state index contributed by atoms with van der Waals surface area (Å²) in [6.45, 7) is 2.79. The number of amides is 1. The van der Waals surface area contributed by atoms with Gasteiger partial charge in [0, 0.05) is 25.5 Å². The Balaban J connectivity index is 2.12. The Morgan fingerprint density at radius 3 is 2.83 bits per heavy atom. The molecule has 7 heteroatoms. The average Bonchev–Trinajstić information content (AvgIpc) is 2.59. The molecule has 0 aliphatic carbocycles.